The quantitative estimate of drug-likeness (QED) is 0.158. The van der Waals surface area contributed by atoms with Crippen molar-refractivity contribution in [1.82, 2.24) is 43.6 Å². The summed E-state index contributed by atoms with van der Waals surface area (Å²) >= 11 is 1.72. The van der Waals surface area contributed by atoms with E-state index < -0.39 is 0 Å². The Balaban J connectivity index is 0.0000000986. The number of fused-ring (bicyclic) bond motifs is 30. The standard InChI is InChI=1S/C41H27N3O.C38H21N3O2.C38H21N3OS/c1-41(2)32-16-8-5-15-30(32)37-38(41)42-39(26-19-20-29-28-14-7-10-18-35(28)45-36(29)23-26)43-40(37)44-33-17-9-6-13-27(33)31-21-24-11-3-4-12-25(24)22-34(31)44;1-2-10-23-21-31-28(19-22(23)9-1)25-11-3-6-14-30(25)41(31)37-35-27-13-5-8-16-33(27)43-38(35)40-36(39-37)24-17-18-34-29(20-24)26-12-4-7-15-32(26)42-34;1-2-10-23-21-31-28(19-22(23)9-1)25-11-3-6-14-30(25)41(31)37-35-27-13-5-8-16-34(27)43-38(35)40-36(39-37)24-17-18-33-29(20-24)26-12-4-7-15-32(26)42-33/h3-23H,1-2H3;2*1-21H. The van der Waals surface area contributed by atoms with Crippen molar-refractivity contribution in [3.05, 3.63) is 393 Å². The summed E-state index contributed by atoms with van der Waals surface area (Å²) in [6.45, 7) is 4.56. The molecule has 0 N–H and O–H groups in total. The molecule has 29 aromatic rings. The Labute approximate surface area is 748 Å². The first-order valence-electron chi connectivity index (χ1n) is 44.1. The highest BCUT2D eigenvalue weighted by Crippen LogP contribution is 2.53. The Bertz CT molecular complexity index is 9610. The number of para-hydroxylation sites is 7. The second-order valence-electron chi connectivity index (χ2n) is 34.7. The minimum atomic E-state index is -0.298. The van der Waals surface area contributed by atoms with Crippen LogP contribution in [0.25, 0.3) is 269 Å². The van der Waals surface area contributed by atoms with E-state index in [0.29, 0.717) is 23.2 Å². The van der Waals surface area contributed by atoms with Crippen LogP contribution in [0.1, 0.15) is 25.1 Å². The number of aromatic nitrogens is 9. The molecule has 0 bridgehead atoms. The fourth-order valence-electron chi connectivity index (χ4n) is 20.9. The van der Waals surface area contributed by atoms with Crippen LogP contribution in [0.15, 0.2) is 400 Å². The molecule has 131 heavy (non-hydrogen) atoms. The monoisotopic (exact) mass is 1700 g/mol. The zero-order valence-corrected chi connectivity index (χ0v) is 71.3. The summed E-state index contributed by atoms with van der Waals surface area (Å²) in [5, 5.41) is 25.1. The van der Waals surface area contributed by atoms with Gasteiger partial charge in [0.2, 0.25) is 5.71 Å². The average Bonchev–Trinajstić information content (AvgIpc) is 1.56. The molecule has 0 atom stereocenters. The highest BCUT2D eigenvalue weighted by atomic mass is 32.1. The smallest absolute Gasteiger partial charge is 0.233 e. The molecular formula is C117H69N9O4S. The zero-order valence-electron chi connectivity index (χ0n) is 70.4. The molecule has 0 aliphatic heterocycles. The van der Waals surface area contributed by atoms with E-state index in [2.05, 4.69) is 325 Å². The third-order valence-corrected chi connectivity index (χ3v) is 28.0. The van der Waals surface area contributed by atoms with Crippen molar-refractivity contribution >= 4 is 217 Å². The minimum Gasteiger partial charge on any atom is -0.456 e. The molecular weight excluding hydrogens is 1630 g/mol. The fourth-order valence-corrected chi connectivity index (χ4v) is 21.9. The average molecular weight is 1700 g/mol. The molecule has 14 heteroatoms. The molecule has 11 heterocycles. The first kappa shape index (κ1) is 73.0. The molecule has 0 spiro atoms. The third kappa shape index (κ3) is 11.1. The predicted molar refractivity (Wildman–Crippen MR) is 538 cm³/mol. The van der Waals surface area contributed by atoms with E-state index in [1.54, 1.807) is 11.3 Å². The number of hydrogen-bond donors (Lipinski definition) is 0. The van der Waals surface area contributed by atoms with Gasteiger partial charge in [-0.25, -0.2) is 24.9 Å². The lowest BCUT2D eigenvalue weighted by atomic mass is 9.85. The van der Waals surface area contributed by atoms with E-state index in [-0.39, 0.29) is 5.41 Å². The van der Waals surface area contributed by atoms with Gasteiger partial charge in [-0.05, 0) is 177 Å². The van der Waals surface area contributed by atoms with Crippen LogP contribution in [0.3, 0.4) is 0 Å². The van der Waals surface area contributed by atoms with Crippen molar-refractivity contribution in [3.63, 3.8) is 0 Å². The molecule has 1 aliphatic rings. The first-order valence-corrected chi connectivity index (χ1v) is 44.9. The largest absolute Gasteiger partial charge is 0.456 e. The summed E-state index contributed by atoms with van der Waals surface area (Å²) in [5.74, 6) is 4.59. The van der Waals surface area contributed by atoms with Gasteiger partial charge in [-0.3, -0.25) is 13.7 Å². The molecule has 0 unspecified atom stereocenters. The molecule has 612 valence electrons. The molecule has 13 nitrogen and oxygen atoms in total. The molecule has 30 rings (SSSR count). The minimum absolute atomic E-state index is 0.298. The van der Waals surface area contributed by atoms with Crippen molar-refractivity contribution in [1.29, 1.82) is 0 Å². The number of rotatable bonds is 6. The fraction of sp³-hybridized carbons (Fsp3) is 0.0256. The van der Waals surface area contributed by atoms with E-state index in [9.17, 15) is 0 Å². The van der Waals surface area contributed by atoms with Gasteiger partial charge in [0.15, 0.2) is 29.1 Å². The summed E-state index contributed by atoms with van der Waals surface area (Å²) < 4.78 is 33.1. The van der Waals surface area contributed by atoms with Crippen molar-refractivity contribution < 1.29 is 17.7 Å². The van der Waals surface area contributed by atoms with E-state index in [0.717, 1.165) is 171 Å². The summed E-state index contributed by atoms with van der Waals surface area (Å²) in [6, 6.07) is 134. The zero-order chi connectivity index (χ0) is 86.0. The van der Waals surface area contributed by atoms with Crippen LogP contribution in [0.4, 0.5) is 0 Å². The SMILES string of the molecule is CC1(C)c2ccccc2-c2c(-n3c4ccccc4c4cc5ccccc5cc43)nc(-c3ccc4c(c3)oc3ccccc34)nc21.c1ccc2cc3c(cc2c1)c1ccccc1n3-c1nc(-c2ccc3oc4ccccc4c3c2)nc2oc3ccccc3c12.c1ccc2cc3c(cc2c1)c1ccccc1n3-c1nc(-c2ccc3oc4ccccc4c3c2)nc2sc3ccccc3c12. The number of benzene rings is 18. The maximum atomic E-state index is 6.41. The lowest BCUT2D eigenvalue weighted by molar-refractivity contribution is 0.635. The molecule has 18 aromatic carbocycles. The van der Waals surface area contributed by atoms with Crippen LogP contribution in [0, 0.1) is 0 Å². The van der Waals surface area contributed by atoms with Crippen LogP contribution in [-0.2, 0) is 5.41 Å². The lowest BCUT2D eigenvalue weighted by Crippen LogP contribution is -2.18. The van der Waals surface area contributed by atoms with Gasteiger partial charge in [0.05, 0.1) is 49.6 Å². The number of hydrogen-bond acceptors (Lipinski definition) is 11. The van der Waals surface area contributed by atoms with Gasteiger partial charge in [-0.1, -0.05) is 263 Å². The van der Waals surface area contributed by atoms with Crippen LogP contribution in [0.2, 0.25) is 0 Å². The Hall–Kier alpha value is -17.2. The third-order valence-electron chi connectivity index (χ3n) is 27.0. The van der Waals surface area contributed by atoms with Crippen molar-refractivity contribution in [2.75, 3.05) is 0 Å². The van der Waals surface area contributed by atoms with Crippen LogP contribution in [0.5, 0.6) is 0 Å². The molecule has 0 amide bonds. The van der Waals surface area contributed by atoms with Crippen molar-refractivity contribution in [2.24, 2.45) is 0 Å². The van der Waals surface area contributed by atoms with E-state index in [4.69, 9.17) is 47.6 Å². The molecule has 0 saturated heterocycles. The van der Waals surface area contributed by atoms with Gasteiger partial charge in [-0.15, -0.1) is 11.3 Å². The van der Waals surface area contributed by atoms with Gasteiger partial charge < -0.3 is 17.7 Å². The predicted octanol–water partition coefficient (Wildman–Crippen LogP) is 31.5. The molecule has 11 aromatic heterocycles. The Morgan fingerprint density at radius 2 is 0.611 bits per heavy atom. The van der Waals surface area contributed by atoms with Crippen LogP contribution >= 0.6 is 11.3 Å². The topological polar surface area (TPSA) is 145 Å². The molecule has 0 fully saturated rings. The van der Waals surface area contributed by atoms with Gasteiger partial charge in [0.1, 0.15) is 49.7 Å². The highest BCUT2D eigenvalue weighted by Gasteiger charge is 2.41. The van der Waals surface area contributed by atoms with E-state index in [1.165, 1.54) is 85.8 Å². The Kier molecular flexibility index (Phi) is 15.6. The lowest BCUT2D eigenvalue weighted by Gasteiger charge is -2.21. The van der Waals surface area contributed by atoms with E-state index >= 15 is 0 Å². The van der Waals surface area contributed by atoms with Gasteiger partial charge in [-0.2, -0.15) is 4.98 Å². The Morgan fingerprint density at radius 3 is 1.15 bits per heavy atom. The van der Waals surface area contributed by atoms with Crippen molar-refractivity contribution in [2.45, 2.75) is 19.3 Å². The summed E-state index contributed by atoms with van der Waals surface area (Å²) in [7, 11) is 0. The summed E-state index contributed by atoms with van der Waals surface area (Å²) in [6.07, 6.45) is 0. The second kappa shape index (κ2) is 27.9. The maximum absolute atomic E-state index is 6.41. The Morgan fingerprint density at radius 1 is 0.244 bits per heavy atom. The second-order valence-corrected chi connectivity index (χ2v) is 35.7. The normalized spacial score (nSPS) is 12.7. The highest BCUT2D eigenvalue weighted by molar-refractivity contribution is 7.25. The molecule has 1 aliphatic carbocycles. The number of nitrogens with zero attached hydrogens (tertiary/aromatic N) is 9. The van der Waals surface area contributed by atoms with Crippen LogP contribution < -0.4 is 0 Å². The molecule has 0 radical (unpaired) electrons. The molecule has 0 saturated carbocycles. The number of thiophene rings is 1. The number of furan rings is 4. The summed E-state index contributed by atoms with van der Waals surface area (Å²) in [4.78, 5) is 32.8. The summed E-state index contributed by atoms with van der Waals surface area (Å²) in [5.41, 5.74) is 20.3. The first-order chi connectivity index (χ1) is 64.7. The maximum Gasteiger partial charge on any atom is 0.233 e. The van der Waals surface area contributed by atoms with Crippen LogP contribution in [-0.4, -0.2) is 43.6 Å². The van der Waals surface area contributed by atoms with Gasteiger partial charge >= 0.3 is 0 Å². The van der Waals surface area contributed by atoms with Crippen molar-refractivity contribution in [3.8, 4) is 62.7 Å². The van der Waals surface area contributed by atoms with Gasteiger partial charge in [0.25, 0.3) is 0 Å². The van der Waals surface area contributed by atoms with E-state index in [1.807, 2.05) is 84.9 Å². The van der Waals surface area contributed by atoms with Gasteiger partial charge in [0, 0.05) is 108 Å².